The molecule has 2 nitrogen and oxygen atoms in total. The fraction of sp³-hybridized carbons (Fsp3) is 0.857. The molecule has 1 amide bonds. The van der Waals surface area contributed by atoms with Gasteiger partial charge in [-0.25, -0.2) is 0 Å². The number of hydrogen-bond acceptors (Lipinski definition) is 1. The molecule has 1 unspecified atom stereocenters. The van der Waals surface area contributed by atoms with Crippen LogP contribution in [-0.2, 0) is 4.79 Å². The molecule has 2 heteroatoms. The van der Waals surface area contributed by atoms with Gasteiger partial charge in [-0.3, -0.25) is 4.79 Å². The van der Waals surface area contributed by atoms with Crippen LogP contribution in [0.25, 0.3) is 0 Å². The number of rotatable bonds is 1. The fourth-order valence-electron chi connectivity index (χ4n) is 1.49. The molecule has 1 aliphatic carbocycles. The number of amides is 1. The van der Waals surface area contributed by atoms with Crippen molar-refractivity contribution in [1.29, 1.82) is 0 Å². The van der Waals surface area contributed by atoms with Crippen molar-refractivity contribution in [3.63, 3.8) is 0 Å². The molecule has 0 radical (unpaired) electrons. The second-order valence-corrected chi connectivity index (χ2v) is 3.05. The van der Waals surface area contributed by atoms with Gasteiger partial charge in [-0.15, -0.1) is 0 Å². The average Bonchev–Trinajstić information content (AvgIpc) is 2.58. The molecule has 2 fully saturated rings. The third-order valence-corrected chi connectivity index (χ3v) is 2.22. The summed E-state index contributed by atoms with van der Waals surface area (Å²) < 4.78 is 0. The molecule has 1 atom stereocenters. The van der Waals surface area contributed by atoms with E-state index in [0.29, 0.717) is 6.04 Å². The quantitative estimate of drug-likeness (QED) is 0.548. The molecule has 1 aliphatic heterocycles. The van der Waals surface area contributed by atoms with Gasteiger partial charge >= 0.3 is 0 Å². The van der Waals surface area contributed by atoms with Crippen molar-refractivity contribution >= 4 is 5.91 Å². The van der Waals surface area contributed by atoms with Gasteiger partial charge in [-0.05, 0) is 25.2 Å². The van der Waals surface area contributed by atoms with Crippen molar-refractivity contribution < 1.29 is 4.79 Å². The van der Waals surface area contributed by atoms with Crippen molar-refractivity contribution in [1.82, 2.24) is 5.32 Å². The zero-order valence-corrected chi connectivity index (χ0v) is 5.39. The normalized spacial score (nSPS) is 34.7. The van der Waals surface area contributed by atoms with Crippen LogP contribution in [0.5, 0.6) is 0 Å². The second-order valence-electron chi connectivity index (χ2n) is 3.05. The third kappa shape index (κ3) is 0.934. The molecule has 0 spiro atoms. The lowest BCUT2D eigenvalue weighted by molar-refractivity contribution is -0.119. The molecule has 50 valence electrons. The Morgan fingerprint density at radius 1 is 1.33 bits per heavy atom. The molecule has 0 aromatic carbocycles. The predicted octanol–water partition coefficient (Wildman–Crippen LogP) is 0.675. The van der Waals surface area contributed by atoms with Crippen molar-refractivity contribution in [2.45, 2.75) is 31.7 Å². The van der Waals surface area contributed by atoms with Crippen LogP contribution in [0, 0.1) is 5.92 Å². The highest BCUT2D eigenvalue weighted by molar-refractivity contribution is 5.78. The van der Waals surface area contributed by atoms with E-state index in [9.17, 15) is 4.79 Å². The van der Waals surface area contributed by atoms with Gasteiger partial charge in [0.1, 0.15) is 0 Å². The van der Waals surface area contributed by atoms with Gasteiger partial charge in [0.05, 0.1) is 0 Å². The summed E-state index contributed by atoms with van der Waals surface area (Å²) in [5, 5.41) is 2.98. The van der Waals surface area contributed by atoms with Crippen molar-refractivity contribution in [2.24, 2.45) is 5.92 Å². The maximum absolute atomic E-state index is 10.7. The summed E-state index contributed by atoms with van der Waals surface area (Å²) in [7, 11) is 0. The van der Waals surface area contributed by atoms with Crippen LogP contribution in [-0.4, -0.2) is 11.9 Å². The maximum Gasteiger partial charge on any atom is 0.220 e. The maximum atomic E-state index is 10.7. The lowest BCUT2D eigenvalue weighted by Crippen LogP contribution is -2.26. The number of carbonyl (C=O) groups is 1. The molecular weight excluding hydrogens is 114 g/mol. The van der Waals surface area contributed by atoms with Gasteiger partial charge in [-0.2, -0.15) is 0 Å². The molecule has 1 N–H and O–H groups in total. The van der Waals surface area contributed by atoms with Gasteiger partial charge < -0.3 is 5.32 Å². The van der Waals surface area contributed by atoms with Gasteiger partial charge in [0.15, 0.2) is 0 Å². The SMILES string of the molecule is O=C1CCC(C2CC2)N1. The van der Waals surface area contributed by atoms with E-state index < -0.39 is 0 Å². The van der Waals surface area contributed by atoms with Crippen molar-refractivity contribution in [3.8, 4) is 0 Å². The highest BCUT2D eigenvalue weighted by atomic mass is 16.1. The Labute approximate surface area is 54.6 Å². The van der Waals surface area contributed by atoms with Crippen LogP contribution in [0.1, 0.15) is 25.7 Å². The van der Waals surface area contributed by atoms with Crippen LogP contribution in [0.15, 0.2) is 0 Å². The first kappa shape index (κ1) is 5.27. The standard InChI is InChI=1S/C7H11NO/c9-7-4-3-6(8-7)5-1-2-5/h5-6H,1-4H2,(H,8,9). The lowest BCUT2D eigenvalue weighted by Gasteiger charge is -2.04. The molecule has 0 aromatic heterocycles. The minimum absolute atomic E-state index is 0.256. The van der Waals surface area contributed by atoms with E-state index in [-0.39, 0.29) is 5.91 Å². The van der Waals surface area contributed by atoms with E-state index >= 15 is 0 Å². The average molecular weight is 125 g/mol. The van der Waals surface area contributed by atoms with Gasteiger partial charge in [-0.1, -0.05) is 0 Å². The minimum Gasteiger partial charge on any atom is -0.353 e. The van der Waals surface area contributed by atoms with Crippen LogP contribution in [0.2, 0.25) is 0 Å². The summed E-state index contributed by atoms with van der Waals surface area (Å²) in [4.78, 5) is 10.7. The van der Waals surface area contributed by atoms with E-state index in [0.717, 1.165) is 18.8 Å². The van der Waals surface area contributed by atoms with E-state index in [1.807, 2.05) is 0 Å². The number of nitrogens with one attached hydrogen (secondary N) is 1. The zero-order valence-electron chi connectivity index (χ0n) is 5.39. The van der Waals surface area contributed by atoms with E-state index in [2.05, 4.69) is 5.32 Å². The first-order chi connectivity index (χ1) is 4.36. The highest BCUT2D eigenvalue weighted by Crippen LogP contribution is 2.36. The first-order valence-electron chi connectivity index (χ1n) is 3.65. The zero-order chi connectivity index (χ0) is 6.27. The molecular formula is C7H11NO. The van der Waals surface area contributed by atoms with E-state index in [1.54, 1.807) is 0 Å². The van der Waals surface area contributed by atoms with Gasteiger partial charge in [0.25, 0.3) is 0 Å². The molecule has 1 heterocycles. The second kappa shape index (κ2) is 1.72. The monoisotopic (exact) mass is 125 g/mol. The molecule has 2 aliphatic rings. The van der Waals surface area contributed by atoms with Crippen molar-refractivity contribution in [2.75, 3.05) is 0 Å². The predicted molar refractivity (Wildman–Crippen MR) is 33.9 cm³/mol. The third-order valence-electron chi connectivity index (χ3n) is 2.22. The molecule has 2 rings (SSSR count). The Bertz CT molecular complexity index is 140. The summed E-state index contributed by atoms with van der Waals surface area (Å²) in [6.07, 6.45) is 4.53. The summed E-state index contributed by atoms with van der Waals surface area (Å²) in [5.74, 6) is 1.10. The molecule has 0 aromatic rings. The number of hydrogen-bond donors (Lipinski definition) is 1. The Morgan fingerprint density at radius 2 is 2.11 bits per heavy atom. The molecule has 1 saturated carbocycles. The van der Waals surface area contributed by atoms with Crippen LogP contribution in [0.3, 0.4) is 0 Å². The Hall–Kier alpha value is -0.530. The molecule has 0 bridgehead atoms. The Balaban J connectivity index is 1.92. The van der Waals surface area contributed by atoms with Crippen LogP contribution in [0.4, 0.5) is 0 Å². The summed E-state index contributed by atoms with van der Waals surface area (Å²) >= 11 is 0. The Kier molecular flexibility index (Phi) is 1.01. The summed E-state index contributed by atoms with van der Waals surface area (Å²) in [6.45, 7) is 0. The Morgan fingerprint density at radius 3 is 2.56 bits per heavy atom. The summed E-state index contributed by atoms with van der Waals surface area (Å²) in [5.41, 5.74) is 0. The first-order valence-corrected chi connectivity index (χ1v) is 3.65. The smallest absolute Gasteiger partial charge is 0.220 e. The lowest BCUT2D eigenvalue weighted by atomic mass is 10.1. The van der Waals surface area contributed by atoms with Gasteiger partial charge in [0, 0.05) is 12.5 Å². The van der Waals surface area contributed by atoms with Crippen LogP contribution < -0.4 is 5.32 Å². The summed E-state index contributed by atoms with van der Waals surface area (Å²) in [6, 6.07) is 0.553. The minimum atomic E-state index is 0.256. The highest BCUT2D eigenvalue weighted by Gasteiger charge is 2.35. The molecule has 9 heavy (non-hydrogen) atoms. The molecule has 1 saturated heterocycles. The van der Waals surface area contributed by atoms with E-state index in [4.69, 9.17) is 0 Å². The number of carbonyl (C=O) groups excluding carboxylic acids is 1. The van der Waals surface area contributed by atoms with E-state index in [1.165, 1.54) is 12.8 Å². The van der Waals surface area contributed by atoms with Crippen molar-refractivity contribution in [3.05, 3.63) is 0 Å². The van der Waals surface area contributed by atoms with Crippen LogP contribution >= 0.6 is 0 Å². The fourth-order valence-corrected chi connectivity index (χ4v) is 1.49. The topological polar surface area (TPSA) is 29.1 Å². The van der Waals surface area contributed by atoms with Gasteiger partial charge in [0.2, 0.25) is 5.91 Å². The largest absolute Gasteiger partial charge is 0.353 e.